The van der Waals surface area contributed by atoms with E-state index in [-0.39, 0.29) is 17.6 Å². The van der Waals surface area contributed by atoms with Crippen molar-refractivity contribution in [2.75, 3.05) is 6.54 Å². The summed E-state index contributed by atoms with van der Waals surface area (Å²) in [5.41, 5.74) is -0.478. The molecule has 0 saturated heterocycles. The first-order chi connectivity index (χ1) is 7.83. The Morgan fingerprint density at radius 2 is 2.06 bits per heavy atom. The van der Waals surface area contributed by atoms with Crippen LogP contribution in [0.15, 0.2) is 12.2 Å². The number of amides is 1. The average molecular weight is 239 g/mol. The highest BCUT2D eigenvalue weighted by Crippen LogP contribution is 2.38. The number of carbonyl (C=O) groups is 2. The Balaban J connectivity index is 2.22. The van der Waals surface area contributed by atoms with Crippen LogP contribution in [-0.4, -0.2) is 24.0 Å². The third kappa shape index (κ3) is 5.02. The van der Waals surface area contributed by atoms with Crippen LogP contribution < -0.4 is 5.32 Å². The molecule has 96 valence electrons. The summed E-state index contributed by atoms with van der Waals surface area (Å²) in [4.78, 5) is 22.8. The summed E-state index contributed by atoms with van der Waals surface area (Å²) in [6.07, 6.45) is 3.79. The van der Waals surface area contributed by atoms with Crippen LogP contribution in [0, 0.1) is 11.8 Å². The van der Waals surface area contributed by atoms with Crippen LogP contribution in [-0.2, 0) is 9.53 Å². The van der Waals surface area contributed by atoms with E-state index in [1.165, 1.54) is 0 Å². The minimum absolute atomic E-state index is 0.0844. The number of allylic oxidation sites excluding steroid dienone is 2. The van der Waals surface area contributed by atoms with Crippen molar-refractivity contribution in [3.63, 3.8) is 0 Å². The third-order valence-corrected chi connectivity index (χ3v) is 2.53. The lowest BCUT2D eigenvalue weighted by molar-refractivity contribution is -0.116. The van der Waals surface area contributed by atoms with Crippen LogP contribution in [0.25, 0.3) is 0 Å². The molecule has 1 saturated carbocycles. The van der Waals surface area contributed by atoms with Gasteiger partial charge in [-0.3, -0.25) is 4.79 Å². The summed E-state index contributed by atoms with van der Waals surface area (Å²) in [5, 5.41) is 2.69. The van der Waals surface area contributed by atoms with Crippen molar-refractivity contribution in [2.45, 2.75) is 39.7 Å². The van der Waals surface area contributed by atoms with Gasteiger partial charge >= 0.3 is 6.09 Å². The molecule has 17 heavy (non-hydrogen) atoms. The standard InChI is InChI=1S/C13H21NO3/c1-5-6-11(15)10-7-9(10)8-14-12(16)17-13(2,3)4/h5-6,9-10H,7-8H2,1-4H3,(H,14,16)/b6-5+/t9-,10-/m1/s1. The van der Waals surface area contributed by atoms with Gasteiger partial charge in [0.2, 0.25) is 0 Å². The summed E-state index contributed by atoms with van der Waals surface area (Å²) in [6.45, 7) is 7.81. The fraction of sp³-hybridized carbons (Fsp3) is 0.692. The summed E-state index contributed by atoms with van der Waals surface area (Å²) in [7, 11) is 0. The fourth-order valence-corrected chi connectivity index (χ4v) is 1.64. The van der Waals surface area contributed by atoms with E-state index in [0.717, 1.165) is 6.42 Å². The van der Waals surface area contributed by atoms with E-state index in [2.05, 4.69) is 5.32 Å². The fourth-order valence-electron chi connectivity index (χ4n) is 1.64. The molecule has 4 heteroatoms. The predicted octanol–water partition coefficient (Wildman–Crippen LogP) is 2.29. The molecule has 0 unspecified atom stereocenters. The van der Waals surface area contributed by atoms with Gasteiger partial charge in [0.1, 0.15) is 5.60 Å². The van der Waals surface area contributed by atoms with Gasteiger partial charge in [0, 0.05) is 12.5 Å². The summed E-state index contributed by atoms with van der Waals surface area (Å²) < 4.78 is 5.11. The van der Waals surface area contributed by atoms with Crippen molar-refractivity contribution >= 4 is 11.9 Å². The molecule has 1 fully saturated rings. The van der Waals surface area contributed by atoms with Gasteiger partial charge in [-0.05, 0) is 46.1 Å². The van der Waals surface area contributed by atoms with Crippen molar-refractivity contribution in [2.24, 2.45) is 11.8 Å². The first-order valence-electron chi connectivity index (χ1n) is 5.97. The lowest BCUT2D eigenvalue weighted by Crippen LogP contribution is -2.33. The second-order valence-electron chi connectivity index (χ2n) is 5.39. The monoisotopic (exact) mass is 239 g/mol. The maximum absolute atomic E-state index is 11.5. The lowest BCUT2D eigenvalue weighted by Gasteiger charge is -2.19. The van der Waals surface area contributed by atoms with Gasteiger partial charge in [0.25, 0.3) is 0 Å². The van der Waals surface area contributed by atoms with Gasteiger partial charge < -0.3 is 10.1 Å². The molecular formula is C13H21NO3. The average Bonchev–Trinajstić information content (AvgIpc) is 2.91. The second-order valence-corrected chi connectivity index (χ2v) is 5.39. The van der Waals surface area contributed by atoms with E-state index in [4.69, 9.17) is 4.74 Å². The Bertz CT molecular complexity index is 328. The molecule has 1 amide bonds. The number of ether oxygens (including phenoxy) is 1. The molecule has 4 nitrogen and oxygen atoms in total. The molecule has 1 aliphatic carbocycles. The van der Waals surface area contributed by atoms with Gasteiger partial charge in [-0.2, -0.15) is 0 Å². The highest BCUT2D eigenvalue weighted by atomic mass is 16.6. The molecule has 0 aromatic rings. The third-order valence-electron chi connectivity index (χ3n) is 2.53. The number of ketones is 1. The zero-order chi connectivity index (χ0) is 13.1. The smallest absolute Gasteiger partial charge is 0.407 e. The highest BCUT2D eigenvalue weighted by Gasteiger charge is 2.41. The van der Waals surface area contributed by atoms with Crippen molar-refractivity contribution in [1.29, 1.82) is 0 Å². The molecule has 1 N–H and O–H groups in total. The molecule has 0 spiro atoms. The van der Waals surface area contributed by atoms with E-state index < -0.39 is 11.7 Å². The molecule has 1 aliphatic rings. The number of alkyl carbamates (subject to hydrolysis) is 1. The van der Waals surface area contributed by atoms with Crippen molar-refractivity contribution < 1.29 is 14.3 Å². The molecule has 0 aromatic heterocycles. The molecule has 0 radical (unpaired) electrons. The quantitative estimate of drug-likeness (QED) is 0.766. The van der Waals surface area contributed by atoms with Gasteiger partial charge in [0.05, 0.1) is 0 Å². The SMILES string of the molecule is C/C=C/C(=O)[C@@H]1C[C@@H]1CNC(=O)OC(C)(C)C. The van der Waals surface area contributed by atoms with Gasteiger partial charge in [0.15, 0.2) is 5.78 Å². The Morgan fingerprint density at radius 1 is 1.41 bits per heavy atom. The van der Waals surface area contributed by atoms with E-state index >= 15 is 0 Å². The second kappa shape index (κ2) is 5.34. The molecule has 2 atom stereocenters. The first-order valence-corrected chi connectivity index (χ1v) is 5.97. The summed E-state index contributed by atoms with van der Waals surface area (Å²) in [5.74, 6) is 0.510. The van der Waals surface area contributed by atoms with E-state index in [9.17, 15) is 9.59 Å². The number of nitrogens with one attached hydrogen (secondary N) is 1. The summed E-state index contributed by atoms with van der Waals surface area (Å²) >= 11 is 0. The lowest BCUT2D eigenvalue weighted by atomic mass is 10.2. The van der Waals surface area contributed by atoms with Crippen molar-refractivity contribution in [3.8, 4) is 0 Å². The Hall–Kier alpha value is -1.32. The molecule has 0 aromatic carbocycles. The first kappa shape index (κ1) is 13.7. The zero-order valence-corrected chi connectivity index (χ0v) is 10.9. The maximum atomic E-state index is 11.5. The van der Waals surface area contributed by atoms with Crippen LogP contribution >= 0.6 is 0 Å². The van der Waals surface area contributed by atoms with Crippen LogP contribution in [0.1, 0.15) is 34.1 Å². The summed E-state index contributed by atoms with van der Waals surface area (Å²) in [6, 6.07) is 0. The number of hydrogen-bond acceptors (Lipinski definition) is 3. The van der Waals surface area contributed by atoms with Crippen molar-refractivity contribution in [3.05, 3.63) is 12.2 Å². The van der Waals surface area contributed by atoms with Gasteiger partial charge in [-0.25, -0.2) is 4.79 Å². The van der Waals surface area contributed by atoms with Gasteiger partial charge in [-0.15, -0.1) is 0 Å². The molecule has 0 heterocycles. The van der Waals surface area contributed by atoms with Crippen LogP contribution in [0.2, 0.25) is 0 Å². The van der Waals surface area contributed by atoms with Gasteiger partial charge in [-0.1, -0.05) is 6.08 Å². The number of rotatable bonds is 4. The molecular weight excluding hydrogens is 218 g/mol. The topological polar surface area (TPSA) is 55.4 Å². The van der Waals surface area contributed by atoms with Crippen molar-refractivity contribution in [1.82, 2.24) is 5.32 Å². The maximum Gasteiger partial charge on any atom is 0.407 e. The van der Waals surface area contributed by atoms with Crippen LogP contribution in [0.4, 0.5) is 4.79 Å². The molecule has 0 bridgehead atoms. The van der Waals surface area contributed by atoms with E-state index in [1.807, 2.05) is 27.7 Å². The minimum Gasteiger partial charge on any atom is -0.444 e. The Kier molecular flexibility index (Phi) is 4.32. The van der Waals surface area contributed by atoms with E-state index in [1.54, 1.807) is 12.2 Å². The Labute approximate surface area is 102 Å². The Morgan fingerprint density at radius 3 is 2.59 bits per heavy atom. The van der Waals surface area contributed by atoms with E-state index in [0.29, 0.717) is 6.54 Å². The largest absolute Gasteiger partial charge is 0.444 e. The normalized spacial score (nSPS) is 23.5. The van der Waals surface area contributed by atoms with Crippen LogP contribution in [0.5, 0.6) is 0 Å². The predicted molar refractivity (Wildman–Crippen MR) is 65.7 cm³/mol. The number of carbonyl (C=O) groups excluding carboxylic acids is 2. The minimum atomic E-state index is -0.478. The molecule has 0 aliphatic heterocycles. The van der Waals surface area contributed by atoms with Crippen LogP contribution in [0.3, 0.4) is 0 Å². The molecule has 1 rings (SSSR count). The zero-order valence-electron chi connectivity index (χ0n) is 10.9. The highest BCUT2D eigenvalue weighted by molar-refractivity contribution is 5.93. The number of hydrogen-bond donors (Lipinski definition) is 1.